The van der Waals surface area contributed by atoms with Crippen LogP contribution < -0.4 is 15.8 Å². The lowest BCUT2D eigenvalue weighted by molar-refractivity contribution is 0.0946. The van der Waals surface area contributed by atoms with Gasteiger partial charge in [0.25, 0.3) is 5.91 Å². The van der Waals surface area contributed by atoms with E-state index in [4.69, 9.17) is 15.0 Å². The summed E-state index contributed by atoms with van der Waals surface area (Å²) in [6.45, 7) is 3.08. The Hall–Kier alpha value is -3.33. The van der Waals surface area contributed by atoms with E-state index in [2.05, 4.69) is 25.4 Å². The quantitative estimate of drug-likeness (QED) is 0.572. The summed E-state index contributed by atoms with van der Waals surface area (Å²) >= 11 is 0. The van der Waals surface area contributed by atoms with E-state index in [-0.39, 0.29) is 24.2 Å². The Labute approximate surface area is 156 Å². The van der Waals surface area contributed by atoms with Gasteiger partial charge in [0, 0.05) is 18.0 Å². The molecular weight excluding hydrogens is 348 g/mol. The summed E-state index contributed by atoms with van der Waals surface area (Å²) in [7, 11) is 0. The molecule has 0 unspecified atom stereocenters. The van der Waals surface area contributed by atoms with Crippen molar-refractivity contribution >= 4 is 5.91 Å². The average Bonchev–Trinajstić information content (AvgIpc) is 3.17. The van der Waals surface area contributed by atoms with Crippen LogP contribution in [0.5, 0.6) is 5.75 Å². The molecule has 9 nitrogen and oxygen atoms in total. The fraction of sp³-hybridized carbons (Fsp3) is 0.278. The van der Waals surface area contributed by atoms with Crippen LogP contribution in [-0.2, 0) is 6.54 Å². The van der Waals surface area contributed by atoms with Crippen molar-refractivity contribution < 1.29 is 14.1 Å². The summed E-state index contributed by atoms with van der Waals surface area (Å²) < 4.78 is 10.8. The predicted molar refractivity (Wildman–Crippen MR) is 96.8 cm³/mol. The molecule has 0 aliphatic heterocycles. The molecule has 140 valence electrons. The van der Waals surface area contributed by atoms with Crippen molar-refractivity contribution in [1.82, 2.24) is 25.4 Å². The van der Waals surface area contributed by atoms with Crippen molar-refractivity contribution in [3.8, 4) is 17.4 Å². The van der Waals surface area contributed by atoms with Gasteiger partial charge in [-0.1, -0.05) is 11.2 Å². The van der Waals surface area contributed by atoms with Crippen molar-refractivity contribution in [3.63, 3.8) is 0 Å². The van der Waals surface area contributed by atoms with Gasteiger partial charge in [-0.15, -0.1) is 0 Å². The number of hydrogen-bond acceptors (Lipinski definition) is 8. The number of nitrogens with one attached hydrogen (secondary N) is 1. The molecule has 2 heterocycles. The lowest BCUT2D eigenvalue weighted by Crippen LogP contribution is -2.23. The molecule has 0 aliphatic carbocycles. The van der Waals surface area contributed by atoms with Crippen molar-refractivity contribution in [1.29, 1.82) is 0 Å². The van der Waals surface area contributed by atoms with Crippen LogP contribution in [0.15, 0.2) is 41.2 Å². The van der Waals surface area contributed by atoms with Crippen LogP contribution in [0.2, 0.25) is 0 Å². The van der Waals surface area contributed by atoms with E-state index in [1.54, 1.807) is 30.6 Å². The van der Waals surface area contributed by atoms with Crippen molar-refractivity contribution in [2.45, 2.75) is 19.9 Å². The summed E-state index contributed by atoms with van der Waals surface area (Å²) in [5.74, 6) is 1.28. The SMILES string of the molecule is Cc1ccc(C(=O)NCc2nc(-c3ncccn3)no2)cc1OCCCN. The first kappa shape index (κ1) is 18.5. The van der Waals surface area contributed by atoms with E-state index in [1.165, 1.54) is 0 Å². The van der Waals surface area contributed by atoms with Gasteiger partial charge in [-0.3, -0.25) is 4.79 Å². The Morgan fingerprint density at radius 2 is 2.07 bits per heavy atom. The summed E-state index contributed by atoms with van der Waals surface area (Å²) in [6.07, 6.45) is 3.93. The maximum Gasteiger partial charge on any atom is 0.251 e. The van der Waals surface area contributed by atoms with Gasteiger partial charge in [-0.25, -0.2) is 9.97 Å². The largest absolute Gasteiger partial charge is 0.493 e. The first-order valence-electron chi connectivity index (χ1n) is 8.49. The summed E-state index contributed by atoms with van der Waals surface area (Å²) in [6, 6.07) is 6.97. The van der Waals surface area contributed by atoms with Gasteiger partial charge in [0.1, 0.15) is 5.75 Å². The third-order valence-corrected chi connectivity index (χ3v) is 3.69. The second-order valence-corrected chi connectivity index (χ2v) is 5.74. The molecule has 0 spiro atoms. The fourth-order valence-electron chi connectivity index (χ4n) is 2.25. The van der Waals surface area contributed by atoms with E-state index in [0.29, 0.717) is 30.3 Å². The number of amides is 1. The second kappa shape index (κ2) is 8.86. The number of nitrogens with two attached hydrogens (primary N) is 1. The Bertz CT molecular complexity index is 897. The van der Waals surface area contributed by atoms with E-state index in [1.807, 2.05) is 13.0 Å². The second-order valence-electron chi connectivity index (χ2n) is 5.74. The molecular formula is C18H20N6O3. The van der Waals surface area contributed by atoms with Crippen LogP contribution in [0.3, 0.4) is 0 Å². The Morgan fingerprint density at radius 1 is 1.26 bits per heavy atom. The molecule has 9 heteroatoms. The lowest BCUT2D eigenvalue weighted by Gasteiger charge is -2.10. The Balaban J connectivity index is 1.61. The molecule has 0 bridgehead atoms. The zero-order valence-electron chi connectivity index (χ0n) is 14.9. The standard InChI is InChI=1S/C18H20N6O3/c1-12-4-5-13(10-14(12)26-9-2-6-19)18(25)22-11-15-23-17(24-27-15)16-20-7-3-8-21-16/h3-5,7-8,10H,2,6,9,11,19H2,1H3,(H,22,25). The number of carbonyl (C=O) groups excluding carboxylic acids is 1. The van der Waals surface area contributed by atoms with Crippen LogP contribution in [-0.4, -0.2) is 39.2 Å². The van der Waals surface area contributed by atoms with Gasteiger partial charge < -0.3 is 20.3 Å². The maximum absolute atomic E-state index is 12.4. The zero-order valence-corrected chi connectivity index (χ0v) is 14.9. The molecule has 2 aromatic heterocycles. The van der Waals surface area contributed by atoms with E-state index < -0.39 is 0 Å². The van der Waals surface area contributed by atoms with Crippen LogP contribution in [0.1, 0.15) is 28.2 Å². The van der Waals surface area contributed by atoms with Crippen molar-refractivity contribution in [3.05, 3.63) is 53.7 Å². The number of nitrogens with zero attached hydrogens (tertiary/aromatic N) is 4. The van der Waals surface area contributed by atoms with Crippen LogP contribution in [0, 0.1) is 6.92 Å². The van der Waals surface area contributed by atoms with Crippen LogP contribution in [0.25, 0.3) is 11.6 Å². The van der Waals surface area contributed by atoms with Gasteiger partial charge in [0.05, 0.1) is 13.2 Å². The Kier molecular flexibility index (Phi) is 6.06. The van der Waals surface area contributed by atoms with Crippen molar-refractivity contribution in [2.24, 2.45) is 5.73 Å². The van der Waals surface area contributed by atoms with Gasteiger partial charge >= 0.3 is 0 Å². The normalized spacial score (nSPS) is 10.6. The van der Waals surface area contributed by atoms with Crippen molar-refractivity contribution in [2.75, 3.05) is 13.2 Å². The zero-order chi connectivity index (χ0) is 19.1. The molecule has 1 aromatic carbocycles. The number of aryl methyl sites for hydroxylation is 1. The minimum absolute atomic E-state index is 0.0932. The number of carbonyl (C=O) groups is 1. The van der Waals surface area contributed by atoms with E-state index in [0.717, 1.165) is 12.0 Å². The highest BCUT2D eigenvalue weighted by Gasteiger charge is 2.13. The monoisotopic (exact) mass is 368 g/mol. The molecule has 27 heavy (non-hydrogen) atoms. The third kappa shape index (κ3) is 4.85. The lowest BCUT2D eigenvalue weighted by atomic mass is 10.1. The fourth-order valence-corrected chi connectivity index (χ4v) is 2.25. The highest BCUT2D eigenvalue weighted by molar-refractivity contribution is 5.94. The number of aromatic nitrogens is 4. The Morgan fingerprint density at radius 3 is 2.85 bits per heavy atom. The third-order valence-electron chi connectivity index (χ3n) is 3.69. The number of benzene rings is 1. The van der Waals surface area contributed by atoms with E-state index in [9.17, 15) is 4.79 Å². The smallest absolute Gasteiger partial charge is 0.251 e. The number of rotatable bonds is 8. The highest BCUT2D eigenvalue weighted by Crippen LogP contribution is 2.20. The molecule has 0 aliphatic rings. The first-order valence-corrected chi connectivity index (χ1v) is 8.49. The molecule has 3 rings (SSSR count). The molecule has 1 amide bonds. The minimum Gasteiger partial charge on any atom is -0.493 e. The first-order chi connectivity index (χ1) is 13.2. The molecule has 0 atom stereocenters. The topological polar surface area (TPSA) is 129 Å². The molecule has 3 aromatic rings. The minimum atomic E-state index is -0.269. The predicted octanol–water partition coefficient (Wildman–Crippen LogP) is 1.49. The van der Waals surface area contributed by atoms with Crippen LogP contribution >= 0.6 is 0 Å². The van der Waals surface area contributed by atoms with E-state index >= 15 is 0 Å². The summed E-state index contributed by atoms with van der Waals surface area (Å²) in [4.78, 5) is 24.7. The summed E-state index contributed by atoms with van der Waals surface area (Å²) in [5, 5.41) is 6.55. The van der Waals surface area contributed by atoms with Gasteiger partial charge in [0.2, 0.25) is 17.5 Å². The highest BCUT2D eigenvalue weighted by atomic mass is 16.5. The molecule has 0 fully saturated rings. The number of hydrogen-bond donors (Lipinski definition) is 2. The molecule has 0 saturated carbocycles. The molecule has 0 saturated heterocycles. The summed E-state index contributed by atoms with van der Waals surface area (Å²) in [5.41, 5.74) is 6.90. The van der Waals surface area contributed by atoms with Gasteiger partial charge in [0.15, 0.2) is 0 Å². The average molecular weight is 368 g/mol. The maximum atomic E-state index is 12.4. The number of ether oxygens (including phenoxy) is 1. The van der Waals surface area contributed by atoms with Gasteiger partial charge in [-0.05, 0) is 43.7 Å². The van der Waals surface area contributed by atoms with Crippen LogP contribution in [0.4, 0.5) is 0 Å². The molecule has 3 N–H and O–H groups in total. The van der Waals surface area contributed by atoms with Gasteiger partial charge in [-0.2, -0.15) is 4.98 Å². The molecule has 0 radical (unpaired) electrons.